The molecule has 2 radical (unpaired) electrons. The molecule has 86 valence electrons. The highest BCUT2D eigenvalue weighted by Gasteiger charge is 1.97. The molecular weight excluding hydrogens is 203 g/mol. The summed E-state index contributed by atoms with van der Waals surface area (Å²) in [5, 5.41) is 0. The molecule has 0 rings (SSSR count). The molecule has 0 bridgehead atoms. The van der Waals surface area contributed by atoms with Crippen molar-refractivity contribution in [3.8, 4) is 0 Å². The monoisotopic (exact) mass is 226 g/mol. The SMILES string of the molecule is CCCCCCCCCCCC(=O)[O][Al]. The van der Waals surface area contributed by atoms with Crippen molar-refractivity contribution in [2.75, 3.05) is 0 Å². The molecule has 0 atom stereocenters. The third kappa shape index (κ3) is 11.9. The highest BCUT2D eigenvalue weighted by Crippen LogP contribution is 2.10. The minimum absolute atomic E-state index is 0.108. The molecule has 0 aromatic carbocycles. The Morgan fingerprint density at radius 1 is 0.933 bits per heavy atom. The van der Waals surface area contributed by atoms with E-state index in [0.29, 0.717) is 6.42 Å². The predicted octanol–water partition coefficient (Wildman–Crippen LogP) is 3.53. The number of carbonyl (C=O) groups excluding carboxylic acids is 1. The van der Waals surface area contributed by atoms with Crippen LogP contribution < -0.4 is 0 Å². The molecule has 15 heavy (non-hydrogen) atoms. The zero-order chi connectivity index (χ0) is 11.4. The molecule has 0 heterocycles. The van der Waals surface area contributed by atoms with Gasteiger partial charge in [0.15, 0.2) is 0 Å². The number of hydrogen-bond acceptors (Lipinski definition) is 2. The van der Waals surface area contributed by atoms with Gasteiger partial charge in [-0.15, -0.1) is 0 Å². The van der Waals surface area contributed by atoms with E-state index in [1.807, 2.05) is 16.6 Å². The van der Waals surface area contributed by atoms with Crippen molar-refractivity contribution in [1.29, 1.82) is 0 Å². The molecule has 0 saturated carbocycles. The Morgan fingerprint density at radius 2 is 1.40 bits per heavy atom. The van der Waals surface area contributed by atoms with E-state index in [1.54, 1.807) is 0 Å². The molecule has 0 saturated heterocycles. The van der Waals surface area contributed by atoms with Gasteiger partial charge in [0.1, 0.15) is 0 Å². The summed E-state index contributed by atoms with van der Waals surface area (Å²) >= 11 is 2.00. The number of carbonyl (C=O) groups is 1. The topological polar surface area (TPSA) is 26.3 Å². The van der Waals surface area contributed by atoms with Gasteiger partial charge in [-0.1, -0.05) is 58.3 Å². The second-order valence-electron chi connectivity index (χ2n) is 4.07. The van der Waals surface area contributed by atoms with Crippen molar-refractivity contribution in [3.05, 3.63) is 0 Å². The van der Waals surface area contributed by atoms with Gasteiger partial charge in [0.25, 0.3) is 5.97 Å². The highest BCUT2D eigenvalue weighted by atomic mass is 27.1. The lowest BCUT2D eigenvalue weighted by atomic mass is 10.1. The van der Waals surface area contributed by atoms with Crippen molar-refractivity contribution in [2.24, 2.45) is 0 Å². The molecular formula is C12H23AlO2. The van der Waals surface area contributed by atoms with Crippen molar-refractivity contribution in [3.63, 3.8) is 0 Å². The van der Waals surface area contributed by atoms with Gasteiger partial charge in [-0.05, 0) is 6.42 Å². The van der Waals surface area contributed by atoms with Crippen molar-refractivity contribution in [1.82, 2.24) is 0 Å². The lowest BCUT2D eigenvalue weighted by Crippen LogP contribution is -2.00. The van der Waals surface area contributed by atoms with Crippen molar-refractivity contribution in [2.45, 2.75) is 71.1 Å². The molecule has 0 spiro atoms. The average molecular weight is 226 g/mol. The molecule has 0 aliphatic heterocycles. The Bertz CT molecular complexity index is 149. The largest absolute Gasteiger partial charge is 0.628 e. The Morgan fingerprint density at radius 3 is 1.87 bits per heavy atom. The van der Waals surface area contributed by atoms with Crippen LogP contribution >= 0.6 is 0 Å². The fourth-order valence-corrected chi connectivity index (χ4v) is 1.76. The third-order valence-electron chi connectivity index (χ3n) is 2.62. The molecule has 0 fully saturated rings. The number of rotatable bonds is 10. The maximum Gasteiger partial charge on any atom is 0.484 e. The summed E-state index contributed by atoms with van der Waals surface area (Å²) in [4.78, 5) is 10.8. The molecule has 0 aliphatic carbocycles. The van der Waals surface area contributed by atoms with Crippen LogP contribution in [0.1, 0.15) is 71.1 Å². The number of hydrogen-bond donors (Lipinski definition) is 0. The zero-order valence-electron chi connectivity index (χ0n) is 9.96. The maximum absolute atomic E-state index is 10.8. The second kappa shape index (κ2) is 12.1. The van der Waals surface area contributed by atoms with E-state index in [2.05, 4.69) is 10.7 Å². The van der Waals surface area contributed by atoms with Crippen LogP contribution in [0, 0.1) is 0 Å². The zero-order valence-corrected chi connectivity index (χ0v) is 11.1. The first kappa shape index (κ1) is 15.0. The lowest BCUT2D eigenvalue weighted by molar-refractivity contribution is -0.134. The molecule has 0 aliphatic rings. The summed E-state index contributed by atoms with van der Waals surface area (Å²) in [6, 6.07) is 0. The van der Waals surface area contributed by atoms with Crippen molar-refractivity contribution < 1.29 is 8.58 Å². The van der Waals surface area contributed by atoms with Crippen LogP contribution in [0.15, 0.2) is 0 Å². The predicted molar refractivity (Wildman–Crippen MR) is 63.7 cm³/mol. The van der Waals surface area contributed by atoms with Gasteiger partial charge >= 0.3 is 16.6 Å². The van der Waals surface area contributed by atoms with Crippen LogP contribution in [0.2, 0.25) is 0 Å². The van der Waals surface area contributed by atoms with Gasteiger partial charge in [-0.3, -0.25) is 4.79 Å². The first-order valence-electron chi connectivity index (χ1n) is 6.20. The molecule has 2 nitrogen and oxygen atoms in total. The first-order valence-corrected chi connectivity index (χ1v) is 6.68. The van der Waals surface area contributed by atoms with Crippen LogP contribution in [0.25, 0.3) is 0 Å². The average Bonchev–Trinajstić information content (AvgIpc) is 2.26. The smallest absolute Gasteiger partial charge is 0.484 e. The van der Waals surface area contributed by atoms with Crippen LogP contribution in [0.3, 0.4) is 0 Å². The van der Waals surface area contributed by atoms with Crippen LogP contribution in [0.4, 0.5) is 0 Å². The van der Waals surface area contributed by atoms with Gasteiger partial charge in [-0.2, -0.15) is 0 Å². The van der Waals surface area contributed by atoms with Gasteiger partial charge in [0, 0.05) is 6.42 Å². The lowest BCUT2D eigenvalue weighted by Gasteiger charge is -2.02. The van der Waals surface area contributed by atoms with E-state index >= 15 is 0 Å². The second-order valence-corrected chi connectivity index (χ2v) is 4.30. The van der Waals surface area contributed by atoms with Gasteiger partial charge in [0.2, 0.25) is 0 Å². The molecule has 0 N–H and O–H groups in total. The van der Waals surface area contributed by atoms with E-state index in [0.717, 1.165) is 12.8 Å². The molecule has 0 aromatic rings. The Labute approximate surface area is 103 Å². The van der Waals surface area contributed by atoms with Gasteiger partial charge < -0.3 is 3.79 Å². The Balaban J connectivity index is 2.95. The van der Waals surface area contributed by atoms with E-state index in [9.17, 15) is 4.79 Å². The van der Waals surface area contributed by atoms with E-state index in [-0.39, 0.29) is 5.97 Å². The Hall–Kier alpha value is 0.00247. The molecule has 0 amide bonds. The van der Waals surface area contributed by atoms with Crippen LogP contribution in [0.5, 0.6) is 0 Å². The first-order chi connectivity index (χ1) is 7.31. The van der Waals surface area contributed by atoms with Gasteiger partial charge in [0.05, 0.1) is 0 Å². The fraction of sp³-hybridized carbons (Fsp3) is 0.917. The molecule has 3 heteroatoms. The van der Waals surface area contributed by atoms with Gasteiger partial charge in [-0.25, -0.2) is 0 Å². The summed E-state index contributed by atoms with van der Waals surface area (Å²) in [6.45, 7) is 2.24. The summed E-state index contributed by atoms with van der Waals surface area (Å²) in [7, 11) is 0. The quantitative estimate of drug-likeness (QED) is 0.420. The van der Waals surface area contributed by atoms with Crippen LogP contribution in [-0.2, 0) is 8.58 Å². The normalized spacial score (nSPS) is 10.2. The minimum atomic E-state index is -0.108. The summed E-state index contributed by atoms with van der Waals surface area (Å²) in [6.07, 6.45) is 12.1. The van der Waals surface area contributed by atoms with E-state index in [4.69, 9.17) is 0 Å². The summed E-state index contributed by atoms with van der Waals surface area (Å²) < 4.78 is 4.50. The Kier molecular flexibility index (Phi) is 12.1. The van der Waals surface area contributed by atoms with E-state index < -0.39 is 0 Å². The molecule has 0 unspecified atom stereocenters. The molecule has 0 aromatic heterocycles. The van der Waals surface area contributed by atoms with E-state index in [1.165, 1.54) is 44.9 Å². The third-order valence-corrected chi connectivity index (χ3v) is 2.88. The summed E-state index contributed by atoms with van der Waals surface area (Å²) in [5.74, 6) is -0.108. The summed E-state index contributed by atoms with van der Waals surface area (Å²) in [5.41, 5.74) is 0. The van der Waals surface area contributed by atoms with Crippen LogP contribution in [-0.4, -0.2) is 22.6 Å². The standard InChI is InChI=1S/C12H24O2.Al/c1-2-3-4-5-6-7-8-9-10-11-12(13)14;/h2-11H2,1H3,(H,13,14);/q;+1/p-1. The minimum Gasteiger partial charge on any atom is -0.628 e. The maximum atomic E-state index is 10.8. The van der Waals surface area contributed by atoms with Crippen molar-refractivity contribution >= 4 is 22.6 Å². The fourth-order valence-electron chi connectivity index (χ4n) is 1.64. The highest BCUT2D eigenvalue weighted by molar-refractivity contribution is 6.05. The number of unbranched alkanes of at least 4 members (excludes halogenated alkanes) is 8.